The zero-order valence-corrected chi connectivity index (χ0v) is 24.1. The fourth-order valence-electron chi connectivity index (χ4n) is 6.34. The Hall–Kier alpha value is -2.04. The molecule has 3 aliphatic rings. The number of hydrogen-bond acceptors (Lipinski definition) is 7. The lowest BCUT2D eigenvalue weighted by atomic mass is 9.69. The number of rotatable bonds is 3. The molecule has 11 heteroatoms. The maximum atomic E-state index is 14.1. The zero-order chi connectivity index (χ0) is 27.6. The number of nitrogens with zero attached hydrogens (tertiary/aromatic N) is 2. The van der Waals surface area contributed by atoms with Crippen molar-refractivity contribution in [1.82, 2.24) is 14.7 Å². The van der Waals surface area contributed by atoms with Crippen molar-refractivity contribution in [3.05, 3.63) is 0 Å². The van der Waals surface area contributed by atoms with E-state index in [1.807, 2.05) is 0 Å². The van der Waals surface area contributed by atoms with Gasteiger partial charge in [0.1, 0.15) is 17.2 Å². The van der Waals surface area contributed by atoms with Crippen LogP contribution in [-0.4, -0.2) is 64.9 Å². The first kappa shape index (κ1) is 28.5. The van der Waals surface area contributed by atoms with Gasteiger partial charge in [0.25, 0.3) is 5.91 Å². The van der Waals surface area contributed by atoms with Crippen LogP contribution in [0.1, 0.15) is 88.5 Å². The second kappa shape index (κ2) is 8.77. The van der Waals surface area contributed by atoms with E-state index >= 15 is 0 Å². The molecule has 0 aromatic carbocycles. The van der Waals surface area contributed by atoms with Gasteiger partial charge in [-0.2, -0.15) is 0 Å². The van der Waals surface area contributed by atoms with Crippen LogP contribution in [0.25, 0.3) is 0 Å². The Kier molecular flexibility index (Phi) is 6.95. The van der Waals surface area contributed by atoms with E-state index in [-0.39, 0.29) is 11.2 Å². The summed E-state index contributed by atoms with van der Waals surface area (Å²) in [5, 5.41) is 0.797. The summed E-state index contributed by atoms with van der Waals surface area (Å²) in [7, 11) is -3.93. The van der Waals surface area contributed by atoms with E-state index < -0.39 is 62.7 Å². The molecule has 2 bridgehead atoms. The molecule has 1 heterocycles. The van der Waals surface area contributed by atoms with Crippen LogP contribution < -0.4 is 5.43 Å². The Morgan fingerprint density at radius 3 is 2.06 bits per heavy atom. The Bertz CT molecular complexity index is 1030. The third-order valence-corrected chi connectivity index (χ3v) is 9.91. The molecule has 2 saturated carbocycles. The first-order valence-corrected chi connectivity index (χ1v) is 14.3. The minimum atomic E-state index is -3.93. The second-order valence-electron chi connectivity index (χ2n) is 13.4. The van der Waals surface area contributed by atoms with Crippen molar-refractivity contribution in [3.8, 4) is 0 Å². The molecule has 0 radical (unpaired) electrons. The summed E-state index contributed by atoms with van der Waals surface area (Å²) in [5.74, 6) is -1.04. The summed E-state index contributed by atoms with van der Waals surface area (Å²) < 4.78 is 38.8. The third-order valence-electron chi connectivity index (χ3n) is 7.99. The van der Waals surface area contributed by atoms with Gasteiger partial charge in [0, 0.05) is 5.41 Å². The first-order valence-electron chi connectivity index (χ1n) is 12.7. The molecule has 206 valence electrons. The molecule has 10 nitrogen and oxygen atoms in total. The molecule has 1 spiro atoms. The molecule has 3 fully saturated rings. The Balaban J connectivity index is 2.01. The largest absolute Gasteiger partial charge is 0.443 e. The van der Waals surface area contributed by atoms with Crippen molar-refractivity contribution in [2.45, 2.75) is 112 Å². The smallest absolute Gasteiger partial charge is 0.430 e. The van der Waals surface area contributed by atoms with Crippen LogP contribution in [-0.2, 0) is 24.3 Å². The SMILES string of the molecule is CC(C)[C@@H](C(=O)N1[C@@H]2C[C@H]3CC[C@]2(CS1(=O)=O)C3(C)C)[15N]([15NH]C(=O)OC(C)(C)C)C(=O)OC(C)(C)C. The van der Waals surface area contributed by atoms with E-state index in [0.717, 1.165) is 22.2 Å². The maximum absolute atomic E-state index is 14.1. The predicted octanol–water partition coefficient (Wildman–Crippen LogP) is 4.05. The summed E-state index contributed by atoms with van der Waals surface area (Å²) in [5.41, 5.74) is -0.137. The molecule has 2 aliphatic carbocycles. The summed E-state index contributed by atoms with van der Waals surface area (Å²) in [6.45, 7) is 17.6. The van der Waals surface area contributed by atoms with Crippen LogP contribution in [0, 0.1) is 22.7 Å². The number of ether oxygens (including phenoxy) is 2. The lowest BCUT2D eigenvalue weighted by Gasteiger charge is -2.39. The number of hydrogen-bond donors (Lipinski definition) is 1. The lowest BCUT2D eigenvalue weighted by Crippen LogP contribution is -2.62. The van der Waals surface area contributed by atoms with E-state index in [0.29, 0.717) is 12.3 Å². The molecule has 0 unspecified atom stereocenters. The lowest BCUT2D eigenvalue weighted by molar-refractivity contribution is -0.137. The topological polar surface area (TPSA) is 122 Å². The van der Waals surface area contributed by atoms with Gasteiger partial charge in [-0.1, -0.05) is 27.7 Å². The minimum Gasteiger partial charge on any atom is -0.443 e. The van der Waals surface area contributed by atoms with E-state index in [1.54, 1.807) is 55.4 Å². The number of carbonyl (C=O) groups excluding carboxylic acids is 3. The van der Waals surface area contributed by atoms with Crippen LogP contribution >= 0.6 is 0 Å². The highest BCUT2D eigenvalue weighted by Crippen LogP contribution is 2.70. The highest BCUT2D eigenvalue weighted by Gasteiger charge is 2.72. The molecule has 1 N–H and O–H groups in total. The predicted molar refractivity (Wildman–Crippen MR) is 134 cm³/mol. The Labute approximate surface area is 215 Å². The monoisotopic (exact) mass is 531 g/mol. The van der Waals surface area contributed by atoms with Gasteiger partial charge in [-0.15, -0.1) is 0 Å². The molecule has 36 heavy (non-hydrogen) atoms. The second-order valence-corrected chi connectivity index (χ2v) is 15.3. The van der Waals surface area contributed by atoms with Gasteiger partial charge in [-0.05, 0) is 78.1 Å². The summed E-state index contributed by atoms with van der Waals surface area (Å²) >= 11 is 0. The van der Waals surface area contributed by atoms with Crippen LogP contribution in [0.4, 0.5) is 9.59 Å². The quantitative estimate of drug-likeness (QED) is 0.430. The fraction of sp³-hybridized carbons (Fsp3) is 0.880. The van der Waals surface area contributed by atoms with Crippen LogP contribution in [0.5, 0.6) is 0 Å². The van der Waals surface area contributed by atoms with Crippen molar-refractivity contribution < 1.29 is 32.3 Å². The number of carbonyl (C=O) groups is 3. The van der Waals surface area contributed by atoms with Gasteiger partial charge in [0.2, 0.25) is 10.0 Å². The molecule has 1 aliphatic heterocycles. The Morgan fingerprint density at radius 1 is 1.03 bits per heavy atom. The van der Waals surface area contributed by atoms with Crippen molar-refractivity contribution in [2.24, 2.45) is 22.7 Å². The summed E-state index contributed by atoms with van der Waals surface area (Å²) in [4.78, 5) is 40.1. The van der Waals surface area contributed by atoms with E-state index in [4.69, 9.17) is 9.47 Å². The van der Waals surface area contributed by atoms with Crippen molar-refractivity contribution in [3.63, 3.8) is 0 Å². The average Bonchev–Trinajstić information content (AvgIpc) is 3.11. The van der Waals surface area contributed by atoms with Gasteiger partial charge >= 0.3 is 12.2 Å². The first-order chi connectivity index (χ1) is 16.1. The molecular weight excluding hydrogens is 488 g/mol. The van der Waals surface area contributed by atoms with Crippen molar-refractivity contribution in [2.75, 3.05) is 5.75 Å². The van der Waals surface area contributed by atoms with E-state index in [1.165, 1.54) is 0 Å². The van der Waals surface area contributed by atoms with Gasteiger partial charge in [0.05, 0.1) is 11.8 Å². The highest BCUT2D eigenvalue weighted by atomic mass is 32.2. The average molecular weight is 532 g/mol. The molecule has 1 saturated heterocycles. The molecule has 0 aromatic heterocycles. The van der Waals surface area contributed by atoms with E-state index in [9.17, 15) is 22.8 Å². The fourth-order valence-corrected chi connectivity index (χ4v) is 8.90. The molecule has 0 aromatic rings. The number of fused-ring (bicyclic) bond motifs is 1. The number of hydrazine groups is 1. The standard InChI is InChI=1S/C25H43N3O7S/c1-15(2)18(27(21(31)35-23(6,7)8)26-20(30)34-22(3,4)5)19(29)28-17-13-16-11-12-25(17,24(16,9)10)14-36(28,32)33/h15-18H,11-14H2,1-10H3,(H,26,30)/t16-,17-,18+,25-/m1/s1/i26+1,27+1. The molecule has 3 amide bonds. The third kappa shape index (κ3) is 4.91. The van der Waals surface area contributed by atoms with Gasteiger partial charge in [-0.25, -0.2) is 32.7 Å². The summed E-state index contributed by atoms with van der Waals surface area (Å²) in [6.07, 6.45) is 0.373. The zero-order valence-electron chi connectivity index (χ0n) is 23.3. The molecule has 4 atom stereocenters. The van der Waals surface area contributed by atoms with Crippen molar-refractivity contribution in [1.29, 1.82) is 0 Å². The van der Waals surface area contributed by atoms with Gasteiger partial charge < -0.3 is 9.47 Å². The number of amides is 3. The Morgan fingerprint density at radius 2 is 1.58 bits per heavy atom. The van der Waals surface area contributed by atoms with Crippen LogP contribution in [0.2, 0.25) is 0 Å². The summed E-state index contributed by atoms with van der Waals surface area (Å²) in [6, 6.07) is -1.79. The normalized spacial score (nSPS) is 29.0. The number of nitrogens with one attached hydrogen (secondary N) is 1. The van der Waals surface area contributed by atoms with Gasteiger partial charge in [0.15, 0.2) is 0 Å². The van der Waals surface area contributed by atoms with Crippen LogP contribution in [0.3, 0.4) is 0 Å². The number of sulfonamides is 1. The molecular formula is C25H43N3O7S. The van der Waals surface area contributed by atoms with Crippen LogP contribution in [0.15, 0.2) is 0 Å². The maximum Gasteiger partial charge on any atom is 0.430 e. The van der Waals surface area contributed by atoms with Crippen molar-refractivity contribution >= 4 is 28.1 Å². The molecule has 3 rings (SSSR count). The van der Waals surface area contributed by atoms with Gasteiger partial charge in [-0.3, -0.25) is 4.79 Å². The van der Waals surface area contributed by atoms with E-state index in [2.05, 4.69) is 19.3 Å². The minimum absolute atomic E-state index is 0.0867. The highest BCUT2D eigenvalue weighted by molar-refractivity contribution is 7.90.